The summed E-state index contributed by atoms with van der Waals surface area (Å²) >= 11 is 0. The second-order valence-corrected chi connectivity index (χ2v) is 5.26. The average Bonchev–Trinajstić information content (AvgIpc) is 2.49. The van der Waals surface area contributed by atoms with E-state index in [0.29, 0.717) is 17.9 Å². The minimum absolute atomic E-state index is 0.286. The Morgan fingerprint density at radius 2 is 1.86 bits per heavy atom. The molecule has 0 saturated carbocycles. The summed E-state index contributed by atoms with van der Waals surface area (Å²) in [5.74, 6) is -1.03. The lowest BCUT2D eigenvalue weighted by molar-refractivity contribution is -0.129. The van der Waals surface area contributed by atoms with E-state index in [9.17, 15) is 9.59 Å². The van der Waals surface area contributed by atoms with Gasteiger partial charge >= 0.3 is 0 Å². The lowest BCUT2D eigenvalue weighted by Crippen LogP contribution is -2.51. The molecule has 110 valence electrons. The van der Waals surface area contributed by atoms with Crippen LogP contribution in [0.4, 0.5) is 0 Å². The number of amides is 2. The van der Waals surface area contributed by atoms with Crippen LogP contribution in [0.25, 0.3) is 0 Å². The fourth-order valence-electron chi connectivity index (χ4n) is 2.65. The van der Waals surface area contributed by atoms with Crippen LogP contribution in [0.3, 0.4) is 0 Å². The van der Waals surface area contributed by atoms with Crippen LogP contribution >= 0.6 is 0 Å². The number of hydrogen-bond donors (Lipinski definition) is 2. The van der Waals surface area contributed by atoms with Gasteiger partial charge < -0.3 is 10.6 Å². The molecular weight excluding hydrogens is 268 g/mol. The van der Waals surface area contributed by atoms with Crippen LogP contribution in [0.1, 0.15) is 11.5 Å². The normalized spacial score (nSPS) is 23.6. The number of benzene rings is 1. The Bertz CT molecular complexity index is 564. The maximum Gasteiger partial charge on any atom is 0.264 e. The summed E-state index contributed by atoms with van der Waals surface area (Å²) in [6.07, 6.45) is 0. The Balaban J connectivity index is 1.73. The smallest absolute Gasteiger partial charge is 0.264 e. The second kappa shape index (κ2) is 6.15. The van der Waals surface area contributed by atoms with Crippen molar-refractivity contribution in [2.75, 3.05) is 32.7 Å². The van der Waals surface area contributed by atoms with Crippen LogP contribution in [0.15, 0.2) is 35.3 Å². The van der Waals surface area contributed by atoms with Gasteiger partial charge in [-0.25, -0.2) is 0 Å². The first-order chi connectivity index (χ1) is 10.2. The molecule has 0 radical (unpaired) electrons. The van der Waals surface area contributed by atoms with Crippen molar-refractivity contribution < 1.29 is 9.59 Å². The third-order valence-electron chi connectivity index (χ3n) is 3.74. The average molecular weight is 286 g/mol. The van der Waals surface area contributed by atoms with Gasteiger partial charge in [0.15, 0.2) is 0 Å². The Labute approximate surface area is 123 Å². The van der Waals surface area contributed by atoms with Crippen molar-refractivity contribution in [3.63, 3.8) is 0 Å². The molecule has 21 heavy (non-hydrogen) atoms. The van der Waals surface area contributed by atoms with Crippen LogP contribution in [0.2, 0.25) is 0 Å². The summed E-state index contributed by atoms with van der Waals surface area (Å²) < 4.78 is 0. The molecule has 6 nitrogen and oxygen atoms in total. The molecule has 0 aromatic heterocycles. The van der Waals surface area contributed by atoms with E-state index in [1.54, 1.807) is 12.1 Å². The molecule has 2 aliphatic rings. The molecule has 1 atom stereocenters. The Morgan fingerprint density at radius 3 is 2.52 bits per heavy atom. The molecule has 2 N–H and O–H groups in total. The zero-order valence-corrected chi connectivity index (χ0v) is 11.7. The molecule has 1 unspecified atom stereocenters. The predicted octanol–water partition coefficient (Wildman–Crippen LogP) is -0.270. The third-order valence-corrected chi connectivity index (χ3v) is 3.74. The number of amidine groups is 1. The monoisotopic (exact) mass is 286 g/mol. The molecule has 1 aromatic rings. The van der Waals surface area contributed by atoms with Crippen molar-refractivity contribution in [1.29, 1.82) is 0 Å². The van der Waals surface area contributed by atoms with E-state index in [0.717, 1.165) is 26.2 Å². The molecule has 2 amide bonds. The van der Waals surface area contributed by atoms with Crippen molar-refractivity contribution in [3.8, 4) is 0 Å². The first-order valence-electron chi connectivity index (χ1n) is 7.14. The molecule has 0 spiro atoms. The Morgan fingerprint density at radius 1 is 1.14 bits per heavy atom. The van der Waals surface area contributed by atoms with Gasteiger partial charge in [0, 0.05) is 26.2 Å². The maximum absolute atomic E-state index is 12.2. The number of carbonyl (C=O) groups excluding carboxylic acids is 2. The lowest BCUT2D eigenvalue weighted by Gasteiger charge is -2.29. The molecule has 1 fully saturated rings. The number of piperazine rings is 1. The van der Waals surface area contributed by atoms with Gasteiger partial charge in [0.2, 0.25) is 5.91 Å². The third kappa shape index (κ3) is 3.17. The van der Waals surface area contributed by atoms with E-state index in [2.05, 4.69) is 20.5 Å². The molecule has 2 heterocycles. The number of carbonyl (C=O) groups is 2. The van der Waals surface area contributed by atoms with Gasteiger partial charge in [-0.3, -0.25) is 14.5 Å². The summed E-state index contributed by atoms with van der Waals surface area (Å²) in [6.45, 7) is 4.14. The van der Waals surface area contributed by atoms with Crippen LogP contribution in [0.5, 0.6) is 0 Å². The van der Waals surface area contributed by atoms with E-state index in [-0.39, 0.29) is 11.8 Å². The summed E-state index contributed by atoms with van der Waals surface area (Å²) in [7, 11) is 0. The molecule has 0 aliphatic carbocycles. The molecule has 0 bridgehead atoms. The number of nitrogens with one attached hydrogen (secondary N) is 2. The number of aliphatic imine (C=N–C) groups is 1. The lowest BCUT2D eigenvalue weighted by atomic mass is 9.96. The van der Waals surface area contributed by atoms with Crippen molar-refractivity contribution in [1.82, 2.24) is 15.5 Å². The molecular formula is C15H18N4O2. The van der Waals surface area contributed by atoms with Gasteiger partial charge in [-0.1, -0.05) is 30.3 Å². The topological polar surface area (TPSA) is 73.8 Å². The Kier molecular flexibility index (Phi) is 4.08. The second-order valence-electron chi connectivity index (χ2n) is 5.26. The zero-order valence-electron chi connectivity index (χ0n) is 11.7. The molecule has 2 aliphatic heterocycles. The van der Waals surface area contributed by atoms with Crippen molar-refractivity contribution in [3.05, 3.63) is 35.9 Å². The van der Waals surface area contributed by atoms with Crippen LogP contribution in [0, 0.1) is 0 Å². The van der Waals surface area contributed by atoms with E-state index in [1.807, 2.05) is 18.2 Å². The fraction of sp³-hybridized carbons (Fsp3) is 0.400. The zero-order chi connectivity index (χ0) is 14.7. The Hall–Kier alpha value is -2.05. The van der Waals surface area contributed by atoms with Crippen molar-refractivity contribution >= 4 is 17.6 Å². The van der Waals surface area contributed by atoms with Crippen LogP contribution in [-0.4, -0.2) is 55.3 Å². The number of hydrogen-bond acceptors (Lipinski definition) is 4. The molecule has 1 saturated heterocycles. The summed E-state index contributed by atoms with van der Waals surface area (Å²) in [5, 5.41) is 6.03. The van der Waals surface area contributed by atoms with E-state index < -0.39 is 5.92 Å². The van der Waals surface area contributed by atoms with Crippen molar-refractivity contribution in [2.24, 2.45) is 4.99 Å². The van der Waals surface area contributed by atoms with Crippen molar-refractivity contribution in [2.45, 2.75) is 5.92 Å². The maximum atomic E-state index is 12.2. The quantitative estimate of drug-likeness (QED) is 0.750. The first kappa shape index (κ1) is 13.9. The number of nitrogens with zero attached hydrogens (tertiary/aromatic N) is 2. The van der Waals surface area contributed by atoms with Gasteiger partial charge in [-0.05, 0) is 5.56 Å². The summed E-state index contributed by atoms with van der Waals surface area (Å²) in [5.41, 5.74) is 0.685. The molecule has 3 rings (SSSR count). The highest BCUT2D eigenvalue weighted by Gasteiger charge is 2.33. The minimum Gasteiger partial charge on any atom is -0.314 e. The first-order valence-corrected chi connectivity index (χ1v) is 7.14. The van der Waals surface area contributed by atoms with Gasteiger partial charge in [0.1, 0.15) is 11.8 Å². The van der Waals surface area contributed by atoms with Gasteiger partial charge in [-0.15, -0.1) is 0 Å². The van der Waals surface area contributed by atoms with E-state index in [1.165, 1.54) is 0 Å². The number of rotatable bonds is 3. The highest BCUT2D eigenvalue weighted by Crippen LogP contribution is 2.20. The largest absolute Gasteiger partial charge is 0.314 e. The van der Waals surface area contributed by atoms with E-state index in [4.69, 9.17) is 0 Å². The predicted molar refractivity (Wildman–Crippen MR) is 79.1 cm³/mol. The van der Waals surface area contributed by atoms with Gasteiger partial charge in [0.25, 0.3) is 5.91 Å². The van der Waals surface area contributed by atoms with E-state index >= 15 is 0 Å². The van der Waals surface area contributed by atoms with Crippen LogP contribution in [-0.2, 0) is 9.59 Å². The SMILES string of the molecule is O=C1N=C(CN2CCNCC2)NC(=O)C1c1ccccc1. The fourth-order valence-corrected chi connectivity index (χ4v) is 2.65. The highest BCUT2D eigenvalue weighted by atomic mass is 16.2. The van der Waals surface area contributed by atoms with Crippen LogP contribution < -0.4 is 10.6 Å². The standard InChI is InChI=1S/C15H18N4O2/c20-14-13(11-4-2-1-3-5-11)15(21)18-12(17-14)10-19-8-6-16-7-9-19/h1-5,13,16H,6-10H2,(H,17,18,20,21). The summed E-state index contributed by atoms with van der Waals surface area (Å²) in [6, 6.07) is 9.04. The minimum atomic E-state index is -0.821. The van der Waals surface area contributed by atoms with Gasteiger partial charge in [-0.2, -0.15) is 4.99 Å². The summed E-state index contributed by atoms with van der Waals surface area (Å²) in [4.78, 5) is 30.6. The molecule has 1 aromatic carbocycles. The molecule has 6 heteroatoms. The van der Waals surface area contributed by atoms with Gasteiger partial charge in [0.05, 0.1) is 6.54 Å². The highest BCUT2D eigenvalue weighted by molar-refractivity contribution is 6.19.